The van der Waals surface area contributed by atoms with Crippen molar-refractivity contribution in [1.29, 1.82) is 0 Å². The molecule has 0 atom stereocenters. The molecule has 0 aliphatic rings. The van der Waals surface area contributed by atoms with Gasteiger partial charge in [-0.1, -0.05) is 12.1 Å². The third-order valence-electron chi connectivity index (χ3n) is 0.682. The van der Waals surface area contributed by atoms with Gasteiger partial charge in [0.15, 0.2) is 0 Å². The van der Waals surface area contributed by atoms with Crippen LogP contribution in [-0.4, -0.2) is 77.3 Å². The van der Waals surface area contributed by atoms with E-state index in [1.807, 2.05) is 6.92 Å². The topological polar surface area (TPSA) is 113 Å². The van der Waals surface area contributed by atoms with Crippen LogP contribution in [-0.2, 0) is 10.4 Å². The van der Waals surface area contributed by atoms with Crippen molar-refractivity contribution in [3.8, 4) is 0 Å². The fourth-order valence-corrected chi connectivity index (χ4v) is 0.0707. The molecule has 6 nitrogen and oxygen atoms in total. The molecule has 0 aliphatic heterocycles. The van der Waals surface area contributed by atoms with Crippen LogP contribution in [0.25, 0.3) is 0 Å². The van der Waals surface area contributed by atoms with Gasteiger partial charge < -0.3 is 14.3 Å². The molecule has 0 saturated heterocycles. The number of hydrogen-bond acceptors (Lipinski definition) is 6. The molecule has 1 N–H and O–H groups in total. The van der Waals surface area contributed by atoms with Crippen LogP contribution < -0.4 is 0 Å². The van der Waals surface area contributed by atoms with Crippen LogP contribution in [0, 0.1) is 0 Å². The predicted molar refractivity (Wildman–Crippen MR) is 41.4 cm³/mol. The number of oxime groups is 1. The normalized spacial score (nSPS) is 10.8. The first-order chi connectivity index (χ1) is 4.81. The third-order valence-corrected chi connectivity index (χ3v) is 0.682. The van der Waals surface area contributed by atoms with Crippen molar-refractivity contribution in [1.82, 2.24) is 0 Å². The van der Waals surface area contributed by atoms with E-state index in [0.717, 1.165) is 12.1 Å². The van der Waals surface area contributed by atoms with Crippen LogP contribution >= 0.6 is 0 Å². The average molecular weight is 321 g/mol. The van der Waals surface area contributed by atoms with E-state index in [9.17, 15) is 0 Å². The van der Waals surface area contributed by atoms with Crippen LogP contribution in [0.4, 0.5) is 0 Å². The minimum absolute atomic E-state index is 0. The third kappa shape index (κ3) is 44.4. The van der Waals surface area contributed by atoms with Crippen molar-refractivity contribution < 1.29 is 22.7 Å². The maximum absolute atomic E-state index is 8.52. The first-order valence-electron chi connectivity index (χ1n) is 2.65. The number of hydrogen-bond donors (Lipinski definition) is 1. The molecule has 0 aromatic carbocycles. The minimum atomic E-state index is -5.17. The molecule has 0 aromatic heterocycles. The van der Waals surface area contributed by atoms with Crippen LogP contribution in [0.5, 0.6) is 0 Å². The Morgan fingerprint density at radius 2 is 1.75 bits per heavy atom. The summed E-state index contributed by atoms with van der Waals surface area (Å²) >= 11 is 0. The maximum Gasteiger partial charge on any atom is 2.00 e. The Labute approximate surface area is 112 Å². The van der Waals surface area contributed by atoms with Crippen LogP contribution in [0.2, 0.25) is 0 Å². The summed E-state index contributed by atoms with van der Waals surface area (Å²) in [4.78, 5) is 0. The standard InChI is InChI=1S/C4H9NO.Ba.H2O4S/c1-3-4(2)5-6;;1-5(2,3)4/h6H,3H2,1-2H3;;(H2,1,2,3,4)/q;+2;/p-2. The predicted octanol–water partition coefficient (Wildman–Crippen LogP) is -0.472. The summed E-state index contributed by atoms with van der Waals surface area (Å²) in [6, 6.07) is 0. The monoisotopic (exact) mass is 321 g/mol. The fraction of sp³-hybridized carbons (Fsp3) is 0.750. The Hall–Kier alpha value is 0.911. The Kier molecular flexibility index (Phi) is 15.5. The fourth-order valence-electron chi connectivity index (χ4n) is 0.0707. The SMILES string of the molecule is CCC(C)=NO.O=S(=O)([O-])[O-].[Ba+2]. The molecule has 8 heteroatoms. The zero-order chi connectivity index (χ0) is 9.49. The van der Waals surface area contributed by atoms with Crippen molar-refractivity contribution in [3.63, 3.8) is 0 Å². The van der Waals surface area contributed by atoms with Gasteiger partial charge in [-0.2, -0.15) is 0 Å². The molecule has 0 aromatic rings. The molecule has 0 amide bonds. The van der Waals surface area contributed by atoms with Crippen molar-refractivity contribution in [2.75, 3.05) is 0 Å². The summed E-state index contributed by atoms with van der Waals surface area (Å²) in [5.74, 6) is 0. The zero-order valence-corrected chi connectivity index (χ0v) is 12.1. The van der Waals surface area contributed by atoms with Gasteiger partial charge in [-0.15, -0.1) is 0 Å². The van der Waals surface area contributed by atoms with Gasteiger partial charge in [0.05, 0.1) is 5.71 Å². The van der Waals surface area contributed by atoms with Crippen molar-refractivity contribution >= 4 is 65.0 Å². The smallest absolute Gasteiger partial charge is 0.759 e. The Bertz CT molecular complexity index is 203. The van der Waals surface area contributed by atoms with Gasteiger partial charge in [0.1, 0.15) is 0 Å². The van der Waals surface area contributed by atoms with Gasteiger partial charge in [-0.05, 0) is 13.3 Å². The average Bonchev–Trinajstić information content (AvgIpc) is 1.83. The summed E-state index contributed by atoms with van der Waals surface area (Å²) < 4.78 is 34.1. The summed E-state index contributed by atoms with van der Waals surface area (Å²) in [5, 5.41) is 10.8. The van der Waals surface area contributed by atoms with Gasteiger partial charge in [0, 0.05) is 10.4 Å². The van der Waals surface area contributed by atoms with E-state index in [1.165, 1.54) is 0 Å². The second kappa shape index (κ2) is 10.00. The van der Waals surface area contributed by atoms with E-state index in [4.69, 9.17) is 22.7 Å². The number of nitrogens with zero attached hydrogens (tertiary/aromatic N) is 1. The second-order valence-electron chi connectivity index (χ2n) is 1.60. The van der Waals surface area contributed by atoms with E-state index in [2.05, 4.69) is 5.16 Å². The zero-order valence-electron chi connectivity index (χ0n) is 6.85. The summed E-state index contributed by atoms with van der Waals surface area (Å²) in [6.07, 6.45) is 0.830. The van der Waals surface area contributed by atoms with Crippen LogP contribution in [0.15, 0.2) is 5.16 Å². The molecule has 12 heavy (non-hydrogen) atoms. The van der Waals surface area contributed by atoms with Crippen molar-refractivity contribution in [2.24, 2.45) is 5.16 Å². The van der Waals surface area contributed by atoms with E-state index in [1.54, 1.807) is 6.92 Å². The van der Waals surface area contributed by atoms with Crippen LogP contribution in [0.1, 0.15) is 20.3 Å². The quantitative estimate of drug-likeness (QED) is 0.175. The maximum atomic E-state index is 8.52. The largest absolute Gasteiger partial charge is 2.00 e. The summed E-state index contributed by atoms with van der Waals surface area (Å²) in [7, 11) is -5.17. The molecular formula is C4H9BaNO5S. The van der Waals surface area contributed by atoms with Gasteiger partial charge in [0.2, 0.25) is 0 Å². The summed E-state index contributed by atoms with van der Waals surface area (Å²) in [6.45, 7) is 3.72. The van der Waals surface area contributed by atoms with Gasteiger partial charge >= 0.3 is 48.9 Å². The summed E-state index contributed by atoms with van der Waals surface area (Å²) in [5.41, 5.74) is 0.773. The number of rotatable bonds is 1. The molecular weight excluding hydrogens is 311 g/mol. The minimum Gasteiger partial charge on any atom is -0.759 e. The molecule has 0 spiro atoms. The van der Waals surface area contributed by atoms with Crippen LogP contribution in [0.3, 0.4) is 0 Å². The molecule has 0 fully saturated rings. The van der Waals surface area contributed by atoms with Gasteiger partial charge in [-0.3, -0.25) is 8.42 Å². The molecule has 0 saturated carbocycles. The van der Waals surface area contributed by atoms with Gasteiger partial charge in [0.25, 0.3) is 0 Å². The molecule has 0 aliphatic carbocycles. The Morgan fingerprint density at radius 1 is 1.50 bits per heavy atom. The van der Waals surface area contributed by atoms with Crippen molar-refractivity contribution in [3.05, 3.63) is 0 Å². The molecule has 68 valence electrons. The molecule has 0 radical (unpaired) electrons. The molecule has 0 unspecified atom stereocenters. The van der Waals surface area contributed by atoms with Gasteiger partial charge in [-0.25, -0.2) is 0 Å². The molecule has 0 bridgehead atoms. The van der Waals surface area contributed by atoms with E-state index in [-0.39, 0.29) is 48.9 Å². The van der Waals surface area contributed by atoms with E-state index in [0.29, 0.717) is 0 Å². The first kappa shape index (κ1) is 18.6. The van der Waals surface area contributed by atoms with E-state index < -0.39 is 10.4 Å². The molecule has 0 rings (SSSR count). The Balaban J connectivity index is -0.000000126. The van der Waals surface area contributed by atoms with E-state index >= 15 is 0 Å². The van der Waals surface area contributed by atoms with Crippen molar-refractivity contribution in [2.45, 2.75) is 20.3 Å². The molecule has 0 heterocycles. The Morgan fingerprint density at radius 3 is 1.75 bits per heavy atom. The first-order valence-corrected chi connectivity index (χ1v) is 3.98. The second-order valence-corrected chi connectivity index (χ2v) is 2.41.